The Bertz CT molecular complexity index is 556. The summed E-state index contributed by atoms with van der Waals surface area (Å²) in [6.07, 6.45) is 0.926. The third-order valence-electron chi connectivity index (χ3n) is 2.85. The number of rotatable bonds is 5. The summed E-state index contributed by atoms with van der Waals surface area (Å²) in [4.78, 5) is 0.671. The van der Waals surface area contributed by atoms with E-state index in [0.29, 0.717) is 4.90 Å². The molecule has 0 saturated heterocycles. The van der Waals surface area contributed by atoms with E-state index < -0.39 is 11.1 Å². The number of hydroxylamine groups is 1. The van der Waals surface area contributed by atoms with Crippen LogP contribution >= 0.6 is 0 Å². The summed E-state index contributed by atoms with van der Waals surface area (Å²) in [5.74, 6) is 0. The molecule has 0 heterocycles. The van der Waals surface area contributed by atoms with Crippen LogP contribution in [0.1, 0.15) is 20.3 Å². The molecule has 0 fully saturated rings. The molecule has 96 valence electrons. The molecule has 0 aliphatic rings. The van der Waals surface area contributed by atoms with Gasteiger partial charge in [0.15, 0.2) is 0 Å². The van der Waals surface area contributed by atoms with Crippen molar-refractivity contribution in [1.29, 1.82) is 0 Å². The first-order valence-electron chi connectivity index (χ1n) is 6.04. The Hall–Kier alpha value is -1.23. The van der Waals surface area contributed by atoms with Crippen LogP contribution in [0.15, 0.2) is 47.4 Å². The Balaban J connectivity index is 2.13. The molecule has 3 nitrogen and oxygen atoms in total. The highest BCUT2D eigenvalue weighted by Crippen LogP contribution is 2.18. The lowest BCUT2D eigenvalue weighted by Crippen LogP contribution is -2.26. The first-order valence-corrected chi connectivity index (χ1v) is 7.11. The molecule has 0 aliphatic carbocycles. The van der Waals surface area contributed by atoms with Crippen LogP contribution in [-0.2, 0) is 15.4 Å². The molecule has 0 amide bonds. The minimum absolute atomic E-state index is 0.189. The molecule has 0 aromatic heterocycles. The Morgan fingerprint density at radius 1 is 1.22 bits per heavy atom. The number of hydrogen-bond donors (Lipinski definition) is 1. The van der Waals surface area contributed by atoms with Gasteiger partial charge in [-0.15, -0.1) is 0 Å². The zero-order valence-electron chi connectivity index (χ0n) is 10.6. The molecule has 2 aromatic rings. The summed E-state index contributed by atoms with van der Waals surface area (Å²) < 4.78 is 17.1. The van der Waals surface area contributed by atoms with Gasteiger partial charge in [-0.05, 0) is 36.2 Å². The van der Waals surface area contributed by atoms with E-state index >= 15 is 0 Å². The first-order chi connectivity index (χ1) is 8.70. The van der Waals surface area contributed by atoms with Crippen LogP contribution in [0.2, 0.25) is 0 Å². The molecule has 0 saturated carbocycles. The van der Waals surface area contributed by atoms with Crippen molar-refractivity contribution < 1.29 is 8.49 Å². The second-order valence-electron chi connectivity index (χ2n) is 4.25. The van der Waals surface area contributed by atoms with Gasteiger partial charge in [0, 0.05) is 6.04 Å². The van der Waals surface area contributed by atoms with E-state index in [9.17, 15) is 4.21 Å². The highest BCUT2D eigenvalue weighted by Gasteiger charge is 2.07. The maximum atomic E-state index is 11.9. The fraction of sp³-hybridized carbons (Fsp3) is 0.286. The van der Waals surface area contributed by atoms with Gasteiger partial charge >= 0.3 is 0 Å². The van der Waals surface area contributed by atoms with Crippen LogP contribution in [0.25, 0.3) is 10.8 Å². The second kappa shape index (κ2) is 6.09. The average molecular weight is 263 g/mol. The van der Waals surface area contributed by atoms with Gasteiger partial charge in [-0.3, -0.25) is 0 Å². The highest BCUT2D eigenvalue weighted by molar-refractivity contribution is 7.80. The Morgan fingerprint density at radius 2 is 1.94 bits per heavy atom. The molecule has 2 unspecified atom stereocenters. The number of hydrogen-bond acceptors (Lipinski definition) is 3. The minimum Gasteiger partial charge on any atom is -0.223 e. The van der Waals surface area contributed by atoms with E-state index in [1.54, 1.807) is 0 Å². The van der Waals surface area contributed by atoms with Crippen LogP contribution < -0.4 is 5.48 Å². The summed E-state index contributed by atoms with van der Waals surface area (Å²) in [7, 11) is 0. The van der Waals surface area contributed by atoms with Crippen molar-refractivity contribution >= 4 is 21.9 Å². The van der Waals surface area contributed by atoms with E-state index in [0.717, 1.165) is 17.2 Å². The molecule has 2 atom stereocenters. The van der Waals surface area contributed by atoms with Crippen LogP contribution in [0.3, 0.4) is 0 Å². The summed E-state index contributed by atoms with van der Waals surface area (Å²) >= 11 is -1.47. The third-order valence-corrected chi connectivity index (χ3v) is 3.74. The monoisotopic (exact) mass is 263 g/mol. The lowest BCUT2D eigenvalue weighted by Gasteiger charge is -2.10. The molecule has 2 rings (SSSR count). The van der Waals surface area contributed by atoms with Crippen molar-refractivity contribution in [3.05, 3.63) is 42.5 Å². The molecule has 2 aromatic carbocycles. The topological polar surface area (TPSA) is 38.3 Å². The van der Waals surface area contributed by atoms with Crippen molar-refractivity contribution in [2.45, 2.75) is 31.2 Å². The normalized spacial score (nSPS) is 14.6. The van der Waals surface area contributed by atoms with Gasteiger partial charge in [-0.25, -0.2) is 4.21 Å². The third kappa shape index (κ3) is 3.16. The Morgan fingerprint density at radius 3 is 2.67 bits per heavy atom. The van der Waals surface area contributed by atoms with Crippen LogP contribution in [0, 0.1) is 0 Å². The summed E-state index contributed by atoms with van der Waals surface area (Å²) in [6, 6.07) is 13.8. The molecular weight excluding hydrogens is 246 g/mol. The molecular formula is C14H17NO2S. The van der Waals surface area contributed by atoms with Crippen molar-refractivity contribution in [3.63, 3.8) is 0 Å². The quantitative estimate of drug-likeness (QED) is 0.842. The van der Waals surface area contributed by atoms with Gasteiger partial charge in [0.05, 0.1) is 4.90 Å². The first kappa shape index (κ1) is 13.2. The van der Waals surface area contributed by atoms with E-state index in [-0.39, 0.29) is 6.04 Å². The molecule has 18 heavy (non-hydrogen) atoms. The fourth-order valence-corrected chi connectivity index (χ4v) is 2.28. The fourth-order valence-electron chi connectivity index (χ4n) is 1.53. The summed E-state index contributed by atoms with van der Waals surface area (Å²) in [6.45, 7) is 4.03. The number of benzene rings is 2. The molecule has 0 spiro atoms. The van der Waals surface area contributed by atoms with Crippen molar-refractivity contribution in [1.82, 2.24) is 5.48 Å². The lowest BCUT2D eigenvalue weighted by molar-refractivity contribution is 0.182. The van der Waals surface area contributed by atoms with Gasteiger partial charge in [0.1, 0.15) is 0 Å². The predicted molar refractivity (Wildman–Crippen MR) is 74.3 cm³/mol. The second-order valence-corrected chi connectivity index (χ2v) is 5.36. The summed E-state index contributed by atoms with van der Waals surface area (Å²) in [5, 5.41) is 2.20. The highest BCUT2D eigenvalue weighted by atomic mass is 32.2. The Kier molecular flexibility index (Phi) is 4.47. The molecule has 1 N–H and O–H groups in total. The molecule has 0 bridgehead atoms. The van der Waals surface area contributed by atoms with Crippen molar-refractivity contribution in [3.8, 4) is 0 Å². The molecule has 0 aliphatic heterocycles. The number of fused-ring (bicyclic) bond motifs is 1. The van der Waals surface area contributed by atoms with Crippen molar-refractivity contribution in [2.75, 3.05) is 0 Å². The predicted octanol–water partition coefficient (Wildman–Crippen LogP) is 3.18. The maximum absolute atomic E-state index is 11.9. The van der Waals surface area contributed by atoms with E-state index in [2.05, 4.69) is 5.48 Å². The van der Waals surface area contributed by atoms with Crippen molar-refractivity contribution in [2.24, 2.45) is 0 Å². The SMILES string of the molecule is CCC(C)NOS(=O)c1ccc2ccccc2c1. The Labute approximate surface area is 110 Å². The smallest absolute Gasteiger partial charge is 0.206 e. The molecule has 0 radical (unpaired) electrons. The van der Waals surface area contributed by atoms with Crippen LogP contribution in [0.5, 0.6) is 0 Å². The summed E-state index contributed by atoms with van der Waals surface area (Å²) in [5.41, 5.74) is 2.78. The van der Waals surface area contributed by atoms with Gasteiger partial charge in [-0.2, -0.15) is 9.76 Å². The zero-order valence-corrected chi connectivity index (χ0v) is 11.4. The van der Waals surface area contributed by atoms with Gasteiger partial charge in [0.2, 0.25) is 11.1 Å². The van der Waals surface area contributed by atoms with Crippen LogP contribution in [0.4, 0.5) is 0 Å². The minimum atomic E-state index is -1.47. The zero-order chi connectivity index (χ0) is 13.0. The average Bonchev–Trinajstić information content (AvgIpc) is 2.43. The molecule has 4 heteroatoms. The number of nitrogens with one attached hydrogen (secondary N) is 1. The van der Waals surface area contributed by atoms with E-state index in [4.69, 9.17) is 4.28 Å². The maximum Gasteiger partial charge on any atom is 0.206 e. The van der Waals surface area contributed by atoms with Gasteiger partial charge < -0.3 is 0 Å². The largest absolute Gasteiger partial charge is 0.223 e. The van der Waals surface area contributed by atoms with E-state index in [1.165, 1.54) is 0 Å². The lowest BCUT2D eigenvalue weighted by atomic mass is 10.1. The van der Waals surface area contributed by atoms with E-state index in [1.807, 2.05) is 56.3 Å². The van der Waals surface area contributed by atoms with Crippen LogP contribution in [-0.4, -0.2) is 10.3 Å². The van der Waals surface area contributed by atoms with Gasteiger partial charge in [-0.1, -0.05) is 37.3 Å². The standard InChI is InChI=1S/C14H17NO2S/c1-3-11(2)15-17-18(16)14-9-8-12-6-4-5-7-13(12)10-14/h4-11,15H,3H2,1-2H3. The van der Waals surface area contributed by atoms with Gasteiger partial charge in [0.25, 0.3) is 0 Å².